The van der Waals surface area contributed by atoms with Gasteiger partial charge >= 0.3 is 0 Å². The summed E-state index contributed by atoms with van der Waals surface area (Å²) in [4.78, 5) is 38.0. The number of hydrogen-bond donors (Lipinski definition) is 3. The van der Waals surface area contributed by atoms with Crippen LogP contribution in [0.15, 0.2) is 46.9 Å². The minimum Gasteiger partial charge on any atom is -0.326 e. The first-order chi connectivity index (χ1) is 14.2. The predicted molar refractivity (Wildman–Crippen MR) is 124 cm³/mol. The molecule has 0 heterocycles. The summed E-state index contributed by atoms with van der Waals surface area (Å²) in [5.41, 5.74) is 3.05. The number of rotatable bonds is 8. The van der Waals surface area contributed by atoms with Crippen LogP contribution in [0, 0.1) is 6.92 Å². The molecule has 0 radical (unpaired) electrons. The van der Waals surface area contributed by atoms with Crippen LogP contribution >= 0.6 is 15.9 Å². The molecule has 0 aliphatic carbocycles. The van der Waals surface area contributed by atoms with Crippen LogP contribution in [0.2, 0.25) is 0 Å². The van der Waals surface area contributed by atoms with Gasteiger partial charge < -0.3 is 16.0 Å². The van der Waals surface area contributed by atoms with E-state index in [1.165, 1.54) is 6.92 Å². The Bertz CT molecular complexity index is 915. The summed E-state index contributed by atoms with van der Waals surface area (Å²) in [5, 5.41) is 8.39. The van der Waals surface area contributed by atoms with E-state index < -0.39 is 6.04 Å². The van der Waals surface area contributed by atoms with E-state index in [-0.39, 0.29) is 24.3 Å². The fraction of sp³-hybridized carbons (Fsp3) is 0.318. The van der Waals surface area contributed by atoms with Crippen molar-refractivity contribution in [2.24, 2.45) is 0 Å². The number of likely N-dealkylation sites (N-methyl/N-ethyl adjacent to an activating group) is 1. The first-order valence-corrected chi connectivity index (χ1v) is 10.5. The number of aryl methyl sites for hydroxylation is 1. The topological polar surface area (TPSA) is 90.5 Å². The molecule has 3 amide bonds. The van der Waals surface area contributed by atoms with Crippen molar-refractivity contribution in [3.8, 4) is 0 Å². The monoisotopic (exact) mass is 474 g/mol. The van der Waals surface area contributed by atoms with E-state index in [9.17, 15) is 14.4 Å². The molecule has 7 nitrogen and oxygen atoms in total. The van der Waals surface area contributed by atoms with Gasteiger partial charge in [0.25, 0.3) is 0 Å². The van der Waals surface area contributed by atoms with Crippen molar-refractivity contribution in [1.82, 2.24) is 4.90 Å². The molecule has 30 heavy (non-hydrogen) atoms. The summed E-state index contributed by atoms with van der Waals surface area (Å²) in [6.45, 7) is 7.71. The molecule has 2 rings (SSSR count). The van der Waals surface area contributed by atoms with Gasteiger partial charge in [0.1, 0.15) is 0 Å². The van der Waals surface area contributed by atoms with Crippen molar-refractivity contribution in [3.63, 3.8) is 0 Å². The number of carbonyl (C=O) groups excluding carboxylic acids is 3. The Morgan fingerprint density at radius 2 is 1.60 bits per heavy atom. The molecule has 0 fully saturated rings. The highest BCUT2D eigenvalue weighted by Gasteiger charge is 2.23. The molecule has 0 aliphatic heterocycles. The smallest absolute Gasteiger partial charge is 0.241 e. The number of benzene rings is 2. The van der Waals surface area contributed by atoms with Crippen molar-refractivity contribution in [2.45, 2.75) is 33.7 Å². The maximum absolute atomic E-state index is 12.7. The quantitative estimate of drug-likeness (QED) is 0.539. The Morgan fingerprint density at radius 1 is 1.00 bits per heavy atom. The molecule has 0 spiro atoms. The standard InChI is InChI=1S/C22H27BrN4O3/c1-5-27(15(3)22(30)26-20-11-6-14(2)12-19(20)23)13-21(29)25-18-9-7-17(8-10-18)24-16(4)28/h6-12,15H,5,13H2,1-4H3,(H,24,28)(H,25,29)(H,26,30). The Hall–Kier alpha value is -2.71. The molecular weight excluding hydrogens is 448 g/mol. The number of nitrogens with zero attached hydrogens (tertiary/aromatic N) is 1. The van der Waals surface area contributed by atoms with Gasteiger partial charge in [0.15, 0.2) is 0 Å². The molecule has 3 N–H and O–H groups in total. The van der Waals surface area contributed by atoms with Gasteiger partial charge in [0.2, 0.25) is 17.7 Å². The van der Waals surface area contributed by atoms with Gasteiger partial charge in [0, 0.05) is 22.8 Å². The van der Waals surface area contributed by atoms with Crippen molar-refractivity contribution in [3.05, 3.63) is 52.5 Å². The van der Waals surface area contributed by atoms with Crippen LogP contribution < -0.4 is 16.0 Å². The minimum atomic E-state index is -0.490. The largest absolute Gasteiger partial charge is 0.326 e. The molecule has 1 unspecified atom stereocenters. The zero-order chi connectivity index (χ0) is 22.3. The van der Waals surface area contributed by atoms with Gasteiger partial charge in [-0.15, -0.1) is 0 Å². The molecule has 2 aromatic carbocycles. The fourth-order valence-electron chi connectivity index (χ4n) is 2.87. The lowest BCUT2D eigenvalue weighted by Gasteiger charge is -2.26. The zero-order valence-corrected chi connectivity index (χ0v) is 19.2. The molecule has 0 saturated carbocycles. The van der Waals surface area contributed by atoms with Crippen molar-refractivity contribution in [1.29, 1.82) is 0 Å². The van der Waals surface area contributed by atoms with Crippen LogP contribution in [0.5, 0.6) is 0 Å². The van der Waals surface area contributed by atoms with E-state index >= 15 is 0 Å². The second-order valence-corrected chi connectivity index (χ2v) is 7.87. The van der Waals surface area contributed by atoms with E-state index in [1.54, 1.807) is 36.1 Å². The van der Waals surface area contributed by atoms with Gasteiger partial charge in [-0.25, -0.2) is 0 Å². The first-order valence-electron chi connectivity index (χ1n) is 9.68. The summed E-state index contributed by atoms with van der Waals surface area (Å²) >= 11 is 3.46. The van der Waals surface area contributed by atoms with Gasteiger partial charge in [-0.3, -0.25) is 19.3 Å². The van der Waals surface area contributed by atoms with Crippen LogP contribution in [0.3, 0.4) is 0 Å². The fourth-order valence-corrected chi connectivity index (χ4v) is 3.46. The number of hydrogen-bond acceptors (Lipinski definition) is 4. The SMILES string of the molecule is CCN(CC(=O)Nc1ccc(NC(C)=O)cc1)C(C)C(=O)Nc1ccc(C)cc1Br. The van der Waals surface area contributed by atoms with Crippen LogP contribution in [-0.2, 0) is 14.4 Å². The molecule has 2 aromatic rings. The lowest BCUT2D eigenvalue weighted by molar-refractivity contribution is -0.123. The average Bonchev–Trinajstić information content (AvgIpc) is 2.68. The molecular formula is C22H27BrN4O3. The Labute approximate surface area is 185 Å². The van der Waals surface area contributed by atoms with Crippen molar-refractivity contribution < 1.29 is 14.4 Å². The normalized spacial score (nSPS) is 11.7. The number of anilines is 3. The van der Waals surface area contributed by atoms with E-state index in [0.29, 0.717) is 23.6 Å². The van der Waals surface area contributed by atoms with Crippen molar-refractivity contribution in [2.75, 3.05) is 29.0 Å². The second kappa shape index (κ2) is 10.9. The summed E-state index contributed by atoms with van der Waals surface area (Å²) < 4.78 is 0.812. The molecule has 0 saturated heterocycles. The second-order valence-electron chi connectivity index (χ2n) is 7.02. The summed E-state index contributed by atoms with van der Waals surface area (Å²) in [7, 11) is 0. The summed E-state index contributed by atoms with van der Waals surface area (Å²) in [6, 6.07) is 12.1. The van der Waals surface area contributed by atoms with Crippen LogP contribution in [0.1, 0.15) is 26.3 Å². The summed E-state index contributed by atoms with van der Waals surface area (Å²) in [5.74, 6) is -0.565. The lowest BCUT2D eigenvalue weighted by atomic mass is 10.2. The third-order valence-electron chi connectivity index (χ3n) is 4.55. The summed E-state index contributed by atoms with van der Waals surface area (Å²) in [6.07, 6.45) is 0. The average molecular weight is 475 g/mol. The Balaban J connectivity index is 1.94. The van der Waals surface area contributed by atoms with Gasteiger partial charge in [-0.1, -0.05) is 13.0 Å². The highest BCUT2D eigenvalue weighted by atomic mass is 79.9. The highest BCUT2D eigenvalue weighted by Crippen LogP contribution is 2.23. The molecule has 160 valence electrons. The number of halogens is 1. The van der Waals surface area contributed by atoms with E-state index in [0.717, 1.165) is 10.0 Å². The molecule has 8 heteroatoms. The maximum atomic E-state index is 12.7. The third kappa shape index (κ3) is 6.96. The maximum Gasteiger partial charge on any atom is 0.241 e. The third-order valence-corrected chi connectivity index (χ3v) is 5.21. The van der Waals surface area contributed by atoms with Gasteiger partial charge in [0.05, 0.1) is 18.3 Å². The lowest BCUT2D eigenvalue weighted by Crippen LogP contribution is -2.45. The van der Waals surface area contributed by atoms with Crippen LogP contribution in [0.25, 0.3) is 0 Å². The number of amides is 3. The van der Waals surface area contributed by atoms with Gasteiger partial charge in [-0.05, 0) is 78.3 Å². The predicted octanol–water partition coefficient (Wildman–Crippen LogP) is 4.00. The molecule has 0 aliphatic rings. The van der Waals surface area contributed by atoms with Crippen molar-refractivity contribution >= 4 is 50.7 Å². The van der Waals surface area contributed by atoms with Crippen LogP contribution in [0.4, 0.5) is 17.1 Å². The van der Waals surface area contributed by atoms with E-state index in [4.69, 9.17) is 0 Å². The zero-order valence-electron chi connectivity index (χ0n) is 17.6. The van der Waals surface area contributed by atoms with Crippen LogP contribution in [-0.4, -0.2) is 41.8 Å². The molecule has 1 atom stereocenters. The molecule has 0 bridgehead atoms. The Kier molecular flexibility index (Phi) is 8.56. The Morgan fingerprint density at radius 3 is 2.13 bits per heavy atom. The minimum absolute atomic E-state index is 0.0770. The number of nitrogens with one attached hydrogen (secondary N) is 3. The van der Waals surface area contributed by atoms with Gasteiger partial charge in [-0.2, -0.15) is 0 Å². The number of carbonyl (C=O) groups is 3. The van der Waals surface area contributed by atoms with E-state index in [1.807, 2.05) is 32.0 Å². The van der Waals surface area contributed by atoms with E-state index in [2.05, 4.69) is 31.9 Å². The molecule has 0 aromatic heterocycles. The highest BCUT2D eigenvalue weighted by molar-refractivity contribution is 9.10. The first kappa shape index (κ1) is 23.6.